The van der Waals surface area contributed by atoms with Crippen LogP contribution in [0.25, 0.3) is 0 Å². The van der Waals surface area contributed by atoms with Gasteiger partial charge in [-0.2, -0.15) is 0 Å². The van der Waals surface area contributed by atoms with Gasteiger partial charge in [-0.1, -0.05) is 44.9 Å². The molecule has 2 rings (SSSR count). The molecule has 1 aromatic rings. The van der Waals surface area contributed by atoms with Crippen molar-refractivity contribution in [1.82, 2.24) is 10.2 Å². The van der Waals surface area contributed by atoms with Crippen molar-refractivity contribution in [2.45, 2.75) is 59.4 Å². The summed E-state index contributed by atoms with van der Waals surface area (Å²) in [5, 5.41) is 13.9. The lowest BCUT2D eigenvalue weighted by molar-refractivity contribution is 0.163. The molecule has 1 saturated carbocycles. The largest absolute Gasteiger partial charge is 0.357 e. The van der Waals surface area contributed by atoms with Crippen LogP contribution in [-0.4, -0.2) is 16.2 Å². The van der Waals surface area contributed by atoms with Gasteiger partial charge in [-0.25, -0.2) is 0 Å². The Morgan fingerprint density at radius 3 is 2.47 bits per heavy atom. The van der Waals surface area contributed by atoms with E-state index in [1.165, 1.54) is 25.7 Å². The fourth-order valence-corrected chi connectivity index (χ4v) is 3.51. The van der Waals surface area contributed by atoms with E-state index in [1.54, 1.807) is 11.3 Å². The van der Waals surface area contributed by atoms with Crippen molar-refractivity contribution in [2.24, 2.45) is 11.3 Å². The first-order valence-electron chi connectivity index (χ1n) is 6.53. The highest BCUT2D eigenvalue weighted by Gasteiger charge is 2.34. The van der Waals surface area contributed by atoms with Crippen LogP contribution in [0.3, 0.4) is 0 Å². The zero-order valence-electron chi connectivity index (χ0n) is 11.3. The molecule has 0 aromatic carbocycles. The third-order valence-corrected chi connectivity index (χ3v) is 4.48. The van der Waals surface area contributed by atoms with E-state index in [9.17, 15) is 0 Å². The predicted octanol–water partition coefficient (Wildman–Crippen LogP) is 3.86. The van der Waals surface area contributed by atoms with Gasteiger partial charge in [0.15, 0.2) is 0 Å². The van der Waals surface area contributed by atoms with Gasteiger partial charge >= 0.3 is 0 Å². The Kier molecular flexibility index (Phi) is 3.71. The fraction of sp³-hybridized carbons (Fsp3) is 0.846. The summed E-state index contributed by atoms with van der Waals surface area (Å²) in [5.41, 5.74) is 0.373. The van der Waals surface area contributed by atoms with Crippen molar-refractivity contribution in [3.05, 3.63) is 5.01 Å². The van der Waals surface area contributed by atoms with Gasteiger partial charge in [0.05, 0.1) is 0 Å². The summed E-state index contributed by atoms with van der Waals surface area (Å²) in [6.07, 6.45) is 5.30. The van der Waals surface area contributed by atoms with Gasteiger partial charge in [-0.15, -0.1) is 10.2 Å². The van der Waals surface area contributed by atoms with Gasteiger partial charge < -0.3 is 5.32 Å². The van der Waals surface area contributed by atoms with Gasteiger partial charge in [-0.3, -0.25) is 0 Å². The van der Waals surface area contributed by atoms with Crippen molar-refractivity contribution < 1.29 is 0 Å². The van der Waals surface area contributed by atoms with E-state index in [0.717, 1.165) is 16.1 Å². The predicted molar refractivity (Wildman–Crippen MR) is 73.5 cm³/mol. The molecule has 1 aliphatic rings. The molecular weight excluding hydrogens is 230 g/mol. The Morgan fingerprint density at radius 2 is 1.88 bits per heavy atom. The number of aromatic nitrogens is 2. The molecule has 1 fully saturated rings. The lowest BCUT2D eigenvalue weighted by Crippen LogP contribution is -2.39. The Hall–Kier alpha value is -0.640. The molecule has 0 amide bonds. The van der Waals surface area contributed by atoms with Crippen LogP contribution in [-0.2, 0) is 0 Å². The first kappa shape index (κ1) is 12.8. The van der Waals surface area contributed by atoms with Gasteiger partial charge in [0, 0.05) is 6.04 Å². The molecule has 2 atom stereocenters. The maximum atomic E-state index is 4.18. The molecule has 1 heterocycles. The maximum Gasteiger partial charge on any atom is 0.205 e. The molecule has 1 N–H and O–H groups in total. The van der Waals surface area contributed by atoms with Crippen LogP contribution in [0, 0.1) is 18.3 Å². The first-order chi connectivity index (χ1) is 7.97. The average molecular weight is 253 g/mol. The summed E-state index contributed by atoms with van der Waals surface area (Å²) in [5.74, 6) is 0.737. The number of nitrogens with one attached hydrogen (secondary N) is 1. The number of hydrogen-bond donors (Lipinski definition) is 1. The minimum absolute atomic E-state index is 0.373. The summed E-state index contributed by atoms with van der Waals surface area (Å²) in [6.45, 7) is 9.06. The van der Waals surface area contributed by atoms with Gasteiger partial charge in [0.25, 0.3) is 0 Å². The second kappa shape index (κ2) is 4.92. The summed E-state index contributed by atoms with van der Waals surface area (Å²) in [6, 6.07) is 0.566. The second-order valence-electron chi connectivity index (χ2n) is 6.13. The van der Waals surface area contributed by atoms with E-state index < -0.39 is 0 Å². The van der Waals surface area contributed by atoms with E-state index in [2.05, 4.69) is 36.3 Å². The number of aryl methyl sites for hydroxylation is 1. The van der Waals surface area contributed by atoms with Crippen LogP contribution in [0.5, 0.6) is 0 Å². The Bertz CT molecular complexity index is 367. The minimum Gasteiger partial charge on any atom is -0.357 e. The van der Waals surface area contributed by atoms with E-state index >= 15 is 0 Å². The van der Waals surface area contributed by atoms with Crippen molar-refractivity contribution in [1.29, 1.82) is 0 Å². The van der Waals surface area contributed by atoms with E-state index in [1.807, 2.05) is 6.92 Å². The third kappa shape index (κ3) is 3.18. The summed E-state index contributed by atoms with van der Waals surface area (Å²) >= 11 is 1.66. The lowest BCUT2D eigenvalue weighted by atomic mass is 9.69. The highest BCUT2D eigenvalue weighted by molar-refractivity contribution is 7.15. The quantitative estimate of drug-likeness (QED) is 0.869. The van der Waals surface area contributed by atoms with Gasteiger partial charge in [0.1, 0.15) is 5.01 Å². The number of anilines is 1. The molecule has 1 aromatic heterocycles. The molecule has 1 aliphatic carbocycles. The fourth-order valence-electron chi connectivity index (χ4n) is 2.85. The third-order valence-electron chi connectivity index (χ3n) is 3.71. The Morgan fingerprint density at radius 1 is 1.18 bits per heavy atom. The molecular formula is C13H23N3S. The van der Waals surface area contributed by atoms with Gasteiger partial charge in [0.2, 0.25) is 5.13 Å². The smallest absolute Gasteiger partial charge is 0.205 e. The molecule has 4 heteroatoms. The van der Waals surface area contributed by atoms with E-state index in [-0.39, 0.29) is 0 Å². The zero-order chi connectivity index (χ0) is 12.5. The van der Waals surface area contributed by atoms with E-state index in [4.69, 9.17) is 0 Å². The SMILES string of the molecule is Cc1nnc(NC2CCCCC2C(C)(C)C)s1. The van der Waals surface area contributed by atoms with Crippen LogP contribution < -0.4 is 5.32 Å². The van der Waals surface area contributed by atoms with Crippen molar-refractivity contribution >= 4 is 16.5 Å². The Balaban J connectivity index is 2.06. The van der Waals surface area contributed by atoms with Crippen LogP contribution >= 0.6 is 11.3 Å². The summed E-state index contributed by atoms with van der Waals surface area (Å²) in [7, 11) is 0. The maximum absolute atomic E-state index is 4.18. The average Bonchev–Trinajstić information content (AvgIpc) is 2.63. The standard InChI is InChI=1S/C13H23N3S/c1-9-15-16-12(17-9)14-11-8-6-5-7-10(11)13(2,3)4/h10-11H,5-8H2,1-4H3,(H,14,16). The zero-order valence-corrected chi connectivity index (χ0v) is 12.1. The molecule has 17 heavy (non-hydrogen) atoms. The summed E-state index contributed by atoms with van der Waals surface area (Å²) < 4.78 is 0. The van der Waals surface area contributed by atoms with Crippen LogP contribution in [0.15, 0.2) is 0 Å². The van der Waals surface area contributed by atoms with Crippen LogP contribution in [0.2, 0.25) is 0 Å². The molecule has 0 bridgehead atoms. The number of rotatable bonds is 2. The molecule has 96 valence electrons. The first-order valence-corrected chi connectivity index (χ1v) is 7.35. The van der Waals surface area contributed by atoms with Crippen molar-refractivity contribution in [3.63, 3.8) is 0 Å². The van der Waals surface area contributed by atoms with Gasteiger partial charge in [-0.05, 0) is 31.1 Å². The molecule has 2 unspecified atom stereocenters. The lowest BCUT2D eigenvalue weighted by Gasteiger charge is -2.40. The summed E-state index contributed by atoms with van der Waals surface area (Å²) in [4.78, 5) is 0. The molecule has 0 saturated heterocycles. The Labute approximate surface area is 108 Å². The van der Waals surface area contributed by atoms with Crippen molar-refractivity contribution in [3.8, 4) is 0 Å². The highest BCUT2D eigenvalue weighted by atomic mass is 32.1. The normalized spacial score (nSPS) is 25.9. The number of nitrogens with zero attached hydrogens (tertiary/aromatic N) is 2. The number of hydrogen-bond acceptors (Lipinski definition) is 4. The van der Waals surface area contributed by atoms with E-state index in [0.29, 0.717) is 11.5 Å². The second-order valence-corrected chi connectivity index (χ2v) is 7.32. The molecule has 0 spiro atoms. The van der Waals surface area contributed by atoms with Crippen LogP contribution in [0.4, 0.5) is 5.13 Å². The van der Waals surface area contributed by atoms with Crippen LogP contribution in [0.1, 0.15) is 51.5 Å². The topological polar surface area (TPSA) is 37.8 Å². The minimum atomic E-state index is 0.373. The molecule has 0 radical (unpaired) electrons. The highest BCUT2D eigenvalue weighted by Crippen LogP contribution is 2.39. The molecule has 0 aliphatic heterocycles. The van der Waals surface area contributed by atoms with Crippen molar-refractivity contribution in [2.75, 3.05) is 5.32 Å². The monoisotopic (exact) mass is 253 g/mol. The molecule has 3 nitrogen and oxygen atoms in total.